The standard InChI is InChI=1S/C24H23N3O4S2/c1-16-13-18-5-4-8-21(23(18)25-14-16)33(29,30)27-11-9-17(10-12-27)24(28)31-15-22-26-19-6-2-3-7-20(19)32-22/h2-8,13-14,17H,9-12,15H2,1H3. The van der Waals surface area contributed by atoms with E-state index in [2.05, 4.69) is 9.97 Å². The van der Waals surface area contributed by atoms with Gasteiger partial charge in [-0.05, 0) is 49.6 Å². The summed E-state index contributed by atoms with van der Waals surface area (Å²) in [4.78, 5) is 21.7. The molecule has 0 radical (unpaired) electrons. The van der Waals surface area contributed by atoms with Gasteiger partial charge in [0.05, 0.1) is 21.7 Å². The highest BCUT2D eigenvalue weighted by molar-refractivity contribution is 7.89. The van der Waals surface area contributed by atoms with Gasteiger partial charge in [0.1, 0.15) is 16.5 Å². The van der Waals surface area contributed by atoms with E-state index in [1.54, 1.807) is 18.3 Å². The molecule has 0 N–H and O–H groups in total. The summed E-state index contributed by atoms with van der Waals surface area (Å²) < 4.78 is 34.6. The minimum absolute atomic E-state index is 0.137. The number of aryl methyl sites for hydroxylation is 1. The van der Waals surface area contributed by atoms with Crippen LogP contribution in [-0.4, -0.2) is 41.7 Å². The van der Waals surface area contributed by atoms with Gasteiger partial charge in [-0.3, -0.25) is 9.78 Å². The highest BCUT2D eigenvalue weighted by Gasteiger charge is 2.34. The van der Waals surface area contributed by atoms with Crippen molar-refractivity contribution in [1.29, 1.82) is 0 Å². The first-order valence-electron chi connectivity index (χ1n) is 10.8. The van der Waals surface area contributed by atoms with E-state index in [4.69, 9.17) is 4.74 Å². The maximum Gasteiger partial charge on any atom is 0.309 e. The summed E-state index contributed by atoms with van der Waals surface area (Å²) in [5.74, 6) is -0.618. The molecule has 33 heavy (non-hydrogen) atoms. The molecule has 0 unspecified atom stereocenters. The molecule has 9 heteroatoms. The quantitative estimate of drug-likeness (QED) is 0.395. The average Bonchev–Trinajstić information content (AvgIpc) is 3.25. The van der Waals surface area contributed by atoms with Crippen molar-refractivity contribution in [3.8, 4) is 0 Å². The Morgan fingerprint density at radius 3 is 2.73 bits per heavy atom. The Morgan fingerprint density at radius 2 is 1.94 bits per heavy atom. The summed E-state index contributed by atoms with van der Waals surface area (Å²) >= 11 is 1.51. The lowest BCUT2D eigenvalue weighted by molar-refractivity contribution is -0.151. The topological polar surface area (TPSA) is 89.5 Å². The summed E-state index contributed by atoms with van der Waals surface area (Å²) in [7, 11) is -3.71. The van der Waals surface area contributed by atoms with Gasteiger partial charge in [-0.25, -0.2) is 13.4 Å². The molecule has 0 bridgehead atoms. The monoisotopic (exact) mass is 481 g/mol. The minimum Gasteiger partial charge on any atom is -0.458 e. The van der Waals surface area contributed by atoms with Crippen LogP contribution in [0.3, 0.4) is 0 Å². The second-order valence-corrected chi connectivity index (χ2v) is 11.2. The first-order valence-corrected chi connectivity index (χ1v) is 13.0. The van der Waals surface area contributed by atoms with Crippen LogP contribution in [0.4, 0.5) is 0 Å². The maximum atomic E-state index is 13.3. The van der Waals surface area contributed by atoms with Crippen molar-refractivity contribution in [2.75, 3.05) is 13.1 Å². The zero-order chi connectivity index (χ0) is 23.0. The Morgan fingerprint density at radius 1 is 1.15 bits per heavy atom. The second kappa shape index (κ2) is 8.81. The molecular formula is C24H23N3O4S2. The van der Waals surface area contributed by atoms with Crippen LogP contribution in [0.1, 0.15) is 23.4 Å². The number of rotatable bonds is 5. The number of para-hydroxylation sites is 2. The largest absolute Gasteiger partial charge is 0.458 e. The Kier molecular flexibility index (Phi) is 5.86. The fraction of sp³-hybridized carbons (Fsp3) is 0.292. The number of thiazole rings is 1. The number of hydrogen-bond donors (Lipinski definition) is 0. The van der Waals surface area contributed by atoms with Crippen molar-refractivity contribution >= 4 is 48.4 Å². The van der Waals surface area contributed by atoms with Gasteiger partial charge in [0.15, 0.2) is 0 Å². The number of pyridine rings is 1. The number of sulfonamides is 1. The number of hydrogen-bond acceptors (Lipinski definition) is 7. The molecule has 2 aromatic carbocycles. The third-order valence-corrected chi connectivity index (χ3v) is 8.83. The molecule has 5 rings (SSSR count). The first-order chi connectivity index (χ1) is 15.9. The van der Waals surface area contributed by atoms with Gasteiger partial charge in [-0.2, -0.15) is 4.31 Å². The number of benzene rings is 2. The maximum absolute atomic E-state index is 13.3. The van der Waals surface area contributed by atoms with Crippen molar-refractivity contribution in [2.45, 2.75) is 31.3 Å². The summed E-state index contributed by atoms with van der Waals surface area (Å²) in [6.07, 6.45) is 2.53. The summed E-state index contributed by atoms with van der Waals surface area (Å²) in [5, 5.41) is 1.55. The molecule has 0 atom stereocenters. The van der Waals surface area contributed by atoms with Gasteiger partial charge in [0.25, 0.3) is 0 Å². The van der Waals surface area contributed by atoms with Crippen molar-refractivity contribution in [1.82, 2.24) is 14.3 Å². The van der Waals surface area contributed by atoms with Gasteiger partial charge < -0.3 is 4.74 Å². The third kappa shape index (κ3) is 4.36. The van der Waals surface area contributed by atoms with E-state index in [0.29, 0.717) is 18.4 Å². The predicted molar refractivity (Wildman–Crippen MR) is 127 cm³/mol. The van der Waals surface area contributed by atoms with Crippen molar-refractivity contribution < 1.29 is 17.9 Å². The SMILES string of the molecule is Cc1cnc2c(S(=O)(=O)N3CCC(C(=O)OCc4nc5ccccc5s4)CC3)cccc2c1. The number of carbonyl (C=O) groups excluding carboxylic acids is 1. The number of nitrogens with zero attached hydrogens (tertiary/aromatic N) is 3. The van der Waals surface area contributed by atoms with Gasteiger partial charge >= 0.3 is 5.97 Å². The van der Waals surface area contributed by atoms with Gasteiger partial charge in [0.2, 0.25) is 10.0 Å². The van der Waals surface area contributed by atoms with Crippen molar-refractivity contribution in [3.05, 3.63) is 65.3 Å². The molecule has 0 spiro atoms. The van der Waals surface area contributed by atoms with Gasteiger partial charge in [-0.1, -0.05) is 24.3 Å². The number of fused-ring (bicyclic) bond motifs is 2. The minimum atomic E-state index is -3.71. The van der Waals surface area contributed by atoms with Gasteiger partial charge in [0, 0.05) is 24.7 Å². The van der Waals surface area contributed by atoms with E-state index < -0.39 is 10.0 Å². The third-order valence-electron chi connectivity index (χ3n) is 5.89. The number of carbonyl (C=O) groups is 1. The van der Waals surface area contributed by atoms with E-state index >= 15 is 0 Å². The molecule has 1 aliphatic rings. The normalized spacial score (nSPS) is 15.8. The number of piperidine rings is 1. The zero-order valence-corrected chi connectivity index (χ0v) is 19.7. The van der Waals surface area contributed by atoms with E-state index in [9.17, 15) is 13.2 Å². The highest BCUT2D eigenvalue weighted by atomic mass is 32.2. The van der Waals surface area contributed by atoms with Crippen LogP contribution in [0.5, 0.6) is 0 Å². The van der Waals surface area contributed by atoms with E-state index in [1.807, 2.05) is 43.3 Å². The van der Waals surface area contributed by atoms with Crippen LogP contribution in [0, 0.1) is 12.8 Å². The lowest BCUT2D eigenvalue weighted by atomic mass is 9.98. The molecule has 3 heterocycles. The summed E-state index contributed by atoms with van der Waals surface area (Å²) in [6, 6.07) is 14.9. The second-order valence-electron chi connectivity index (χ2n) is 8.20. The number of ether oxygens (including phenoxy) is 1. The Hall–Kier alpha value is -2.88. The van der Waals surface area contributed by atoms with Crippen LogP contribution in [0.25, 0.3) is 21.1 Å². The van der Waals surface area contributed by atoms with Crippen molar-refractivity contribution in [2.24, 2.45) is 5.92 Å². The number of esters is 1. The van der Waals surface area contributed by atoms with E-state index in [-0.39, 0.29) is 36.5 Å². The summed E-state index contributed by atoms with van der Waals surface area (Å²) in [6.45, 7) is 2.60. The smallest absolute Gasteiger partial charge is 0.309 e. The predicted octanol–water partition coefficient (Wildman–Crippen LogP) is 4.30. The lowest BCUT2D eigenvalue weighted by Gasteiger charge is -2.30. The number of aromatic nitrogens is 2. The zero-order valence-electron chi connectivity index (χ0n) is 18.1. The highest BCUT2D eigenvalue weighted by Crippen LogP contribution is 2.29. The van der Waals surface area contributed by atoms with Crippen LogP contribution < -0.4 is 0 Å². The van der Waals surface area contributed by atoms with E-state index in [0.717, 1.165) is 26.2 Å². The molecule has 0 amide bonds. The average molecular weight is 482 g/mol. The lowest BCUT2D eigenvalue weighted by Crippen LogP contribution is -2.40. The molecule has 1 fully saturated rings. The molecule has 170 valence electrons. The van der Waals surface area contributed by atoms with Crippen LogP contribution in [-0.2, 0) is 26.2 Å². The molecule has 4 aromatic rings. The Bertz CT molecular complexity index is 1410. The molecule has 1 saturated heterocycles. The van der Waals surface area contributed by atoms with Crippen molar-refractivity contribution in [3.63, 3.8) is 0 Å². The molecule has 0 saturated carbocycles. The Labute approximate surface area is 196 Å². The van der Waals surface area contributed by atoms with E-state index in [1.165, 1.54) is 15.6 Å². The van der Waals surface area contributed by atoms with Crippen LogP contribution >= 0.6 is 11.3 Å². The molecule has 7 nitrogen and oxygen atoms in total. The summed E-state index contributed by atoms with van der Waals surface area (Å²) in [5.41, 5.74) is 2.34. The fourth-order valence-electron chi connectivity index (χ4n) is 4.15. The molecule has 0 aliphatic carbocycles. The Balaban J connectivity index is 1.23. The molecular weight excluding hydrogens is 458 g/mol. The van der Waals surface area contributed by atoms with Crippen LogP contribution in [0.2, 0.25) is 0 Å². The van der Waals surface area contributed by atoms with Gasteiger partial charge in [-0.15, -0.1) is 11.3 Å². The molecule has 2 aromatic heterocycles. The fourth-order valence-corrected chi connectivity index (χ4v) is 6.67. The first kappa shape index (κ1) is 21.9. The molecule has 1 aliphatic heterocycles. The van der Waals surface area contributed by atoms with Crippen LogP contribution in [0.15, 0.2) is 59.6 Å².